The largest absolute Gasteiger partial charge is 0.349 e. The van der Waals surface area contributed by atoms with Crippen molar-refractivity contribution in [3.8, 4) is 0 Å². The summed E-state index contributed by atoms with van der Waals surface area (Å²) in [4.78, 5) is 43.3. The number of para-hydroxylation sites is 1. The molecule has 0 spiro atoms. The van der Waals surface area contributed by atoms with Crippen molar-refractivity contribution in [2.45, 2.75) is 24.9 Å². The second kappa shape index (κ2) is 6.59. The summed E-state index contributed by atoms with van der Waals surface area (Å²) < 4.78 is 0. The third-order valence-corrected chi connectivity index (χ3v) is 4.84. The molecule has 2 N–H and O–H groups in total. The van der Waals surface area contributed by atoms with E-state index in [2.05, 4.69) is 15.6 Å². The number of hydrogen-bond donors (Lipinski definition) is 2. The van der Waals surface area contributed by atoms with Gasteiger partial charge in [-0.3, -0.25) is 19.4 Å². The highest BCUT2D eigenvalue weighted by Gasteiger charge is 2.40. The van der Waals surface area contributed by atoms with Crippen molar-refractivity contribution in [2.24, 2.45) is 0 Å². The van der Waals surface area contributed by atoms with Crippen LogP contribution in [0, 0.1) is 0 Å². The van der Waals surface area contributed by atoms with Crippen LogP contribution < -0.4 is 10.6 Å². The van der Waals surface area contributed by atoms with Crippen LogP contribution in [0.4, 0.5) is 5.69 Å². The molecule has 0 bridgehead atoms. The number of hydrogen-bond acceptors (Lipinski definition) is 4. The van der Waals surface area contributed by atoms with E-state index in [9.17, 15) is 14.4 Å². The highest BCUT2D eigenvalue weighted by Crippen LogP contribution is 2.28. The molecule has 4 rings (SSSR count). The summed E-state index contributed by atoms with van der Waals surface area (Å²) in [6.45, 7) is 0.420. The van der Waals surface area contributed by atoms with Gasteiger partial charge in [0.05, 0.1) is 16.8 Å². The summed E-state index contributed by atoms with van der Waals surface area (Å²) in [5, 5.41) is 5.78. The molecule has 2 atom stereocenters. The van der Waals surface area contributed by atoms with Gasteiger partial charge in [0.25, 0.3) is 11.8 Å². The van der Waals surface area contributed by atoms with E-state index in [1.807, 2.05) is 0 Å². The Morgan fingerprint density at radius 1 is 1.19 bits per heavy atom. The molecule has 0 aliphatic carbocycles. The van der Waals surface area contributed by atoms with Gasteiger partial charge in [0, 0.05) is 25.0 Å². The van der Waals surface area contributed by atoms with Crippen molar-refractivity contribution in [2.75, 3.05) is 11.9 Å². The lowest BCUT2D eigenvalue weighted by molar-refractivity contribution is -0.121. The molecule has 3 amide bonds. The van der Waals surface area contributed by atoms with Crippen molar-refractivity contribution < 1.29 is 14.4 Å². The van der Waals surface area contributed by atoms with Gasteiger partial charge in [0.15, 0.2) is 0 Å². The normalized spacial score (nSPS) is 21.9. The molecule has 1 fully saturated rings. The molecule has 3 heterocycles. The van der Waals surface area contributed by atoms with Crippen LogP contribution >= 0.6 is 0 Å². The highest BCUT2D eigenvalue weighted by atomic mass is 16.2. The maximum Gasteiger partial charge on any atom is 0.256 e. The number of carbonyl (C=O) groups excluding carboxylic acids is 3. The zero-order valence-electron chi connectivity index (χ0n) is 14.0. The predicted molar refractivity (Wildman–Crippen MR) is 94.6 cm³/mol. The standard InChI is InChI=1S/C19H18N4O3/c24-17(12-4-3-8-20-11-12)21-13-7-9-23-16(10-13)18(25)22-15-6-2-1-5-14(15)19(23)26/h1-6,8,11,13,16H,7,9-10H2,(H,21,24)(H,22,25). The van der Waals surface area contributed by atoms with Gasteiger partial charge in [-0.05, 0) is 37.1 Å². The van der Waals surface area contributed by atoms with Crippen molar-refractivity contribution in [3.63, 3.8) is 0 Å². The van der Waals surface area contributed by atoms with E-state index in [0.717, 1.165) is 0 Å². The van der Waals surface area contributed by atoms with Gasteiger partial charge < -0.3 is 15.5 Å². The first-order valence-electron chi connectivity index (χ1n) is 8.55. The van der Waals surface area contributed by atoms with Crippen LogP contribution in [-0.4, -0.2) is 46.2 Å². The van der Waals surface area contributed by atoms with E-state index in [0.29, 0.717) is 36.2 Å². The number of pyridine rings is 1. The molecular formula is C19H18N4O3. The summed E-state index contributed by atoms with van der Waals surface area (Å²) in [5.41, 5.74) is 1.51. The fourth-order valence-electron chi connectivity index (χ4n) is 3.50. The quantitative estimate of drug-likeness (QED) is 0.857. The van der Waals surface area contributed by atoms with Gasteiger partial charge in [-0.25, -0.2) is 0 Å². The molecule has 2 aromatic rings. The van der Waals surface area contributed by atoms with E-state index in [4.69, 9.17) is 0 Å². The number of nitrogens with zero attached hydrogens (tertiary/aromatic N) is 2. The Labute approximate surface area is 150 Å². The number of carbonyl (C=O) groups is 3. The van der Waals surface area contributed by atoms with E-state index in [-0.39, 0.29) is 23.8 Å². The lowest BCUT2D eigenvalue weighted by Crippen LogP contribution is -2.55. The minimum absolute atomic E-state index is 0.152. The summed E-state index contributed by atoms with van der Waals surface area (Å²) in [6.07, 6.45) is 4.10. The zero-order chi connectivity index (χ0) is 18.1. The molecule has 132 valence electrons. The third kappa shape index (κ3) is 2.92. The van der Waals surface area contributed by atoms with Gasteiger partial charge in [-0.1, -0.05) is 12.1 Å². The molecule has 1 aromatic heterocycles. The summed E-state index contributed by atoms with van der Waals surface area (Å²) in [7, 11) is 0. The van der Waals surface area contributed by atoms with Crippen LogP contribution in [0.15, 0.2) is 48.8 Å². The molecule has 7 nitrogen and oxygen atoms in total. The van der Waals surface area contributed by atoms with Crippen LogP contribution in [-0.2, 0) is 4.79 Å². The first kappa shape index (κ1) is 16.3. The summed E-state index contributed by atoms with van der Waals surface area (Å²) >= 11 is 0. The molecule has 0 radical (unpaired) electrons. The van der Waals surface area contributed by atoms with Gasteiger partial charge in [0.2, 0.25) is 5.91 Å². The Hall–Kier alpha value is -3.22. The third-order valence-electron chi connectivity index (χ3n) is 4.84. The van der Waals surface area contributed by atoms with Crippen molar-refractivity contribution in [1.82, 2.24) is 15.2 Å². The van der Waals surface area contributed by atoms with Crippen LogP contribution in [0.2, 0.25) is 0 Å². The number of rotatable bonds is 2. The van der Waals surface area contributed by atoms with E-state index >= 15 is 0 Å². The minimum Gasteiger partial charge on any atom is -0.349 e. The molecule has 7 heteroatoms. The second-order valence-corrected chi connectivity index (χ2v) is 6.49. The monoisotopic (exact) mass is 350 g/mol. The Bertz CT molecular complexity index is 868. The molecule has 2 aliphatic heterocycles. The molecule has 0 saturated carbocycles. The molecule has 2 unspecified atom stereocenters. The second-order valence-electron chi connectivity index (χ2n) is 6.49. The average molecular weight is 350 g/mol. The average Bonchev–Trinajstić information content (AvgIpc) is 2.78. The highest BCUT2D eigenvalue weighted by molar-refractivity contribution is 6.10. The van der Waals surface area contributed by atoms with Crippen molar-refractivity contribution >= 4 is 23.4 Å². The van der Waals surface area contributed by atoms with Gasteiger partial charge in [-0.2, -0.15) is 0 Å². The number of piperidine rings is 1. The smallest absolute Gasteiger partial charge is 0.256 e. The SMILES string of the molecule is O=C(NC1CCN2C(=O)c3ccccc3NC(=O)C2C1)c1cccnc1. The lowest BCUT2D eigenvalue weighted by Gasteiger charge is -2.37. The predicted octanol–water partition coefficient (Wildman–Crippen LogP) is 1.44. The topological polar surface area (TPSA) is 91.4 Å². The molecule has 1 saturated heterocycles. The Morgan fingerprint density at radius 3 is 2.85 bits per heavy atom. The number of benzene rings is 1. The van der Waals surface area contributed by atoms with E-state index in [1.54, 1.807) is 47.5 Å². The van der Waals surface area contributed by atoms with Crippen LogP contribution in [0.25, 0.3) is 0 Å². The van der Waals surface area contributed by atoms with E-state index < -0.39 is 6.04 Å². The fraction of sp³-hybridized carbons (Fsp3) is 0.263. The fourth-order valence-corrected chi connectivity index (χ4v) is 3.50. The maximum absolute atomic E-state index is 12.8. The number of fused-ring (bicyclic) bond motifs is 2. The number of aromatic nitrogens is 1. The first-order valence-corrected chi connectivity index (χ1v) is 8.55. The molecule has 2 aliphatic rings. The van der Waals surface area contributed by atoms with Crippen LogP contribution in [0.1, 0.15) is 33.6 Å². The lowest BCUT2D eigenvalue weighted by atomic mass is 9.96. The summed E-state index contributed by atoms with van der Waals surface area (Å²) in [5.74, 6) is -0.593. The van der Waals surface area contributed by atoms with Gasteiger partial charge >= 0.3 is 0 Å². The van der Waals surface area contributed by atoms with Gasteiger partial charge in [0.1, 0.15) is 6.04 Å². The van der Waals surface area contributed by atoms with Crippen molar-refractivity contribution in [1.29, 1.82) is 0 Å². The van der Waals surface area contributed by atoms with E-state index in [1.165, 1.54) is 6.20 Å². The van der Waals surface area contributed by atoms with Crippen molar-refractivity contribution in [3.05, 3.63) is 59.9 Å². The van der Waals surface area contributed by atoms with Crippen LogP contribution in [0.3, 0.4) is 0 Å². The maximum atomic E-state index is 12.8. The van der Waals surface area contributed by atoms with Gasteiger partial charge in [-0.15, -0.1) is 0 Å². The zero-order valence-corrected chi connectivity index (χ0v) is 14.0. The van der Waals surface area contributed by atoms with Crippen LogP contribution in [0.5, 0.6) is 0 Å². The Morgan fingerprint density at radius 2 is 2.04 bits per heavy atom. The minimum atomic E-state index is -0.595. The first-order chi connectivity index (χ1) is 12.6. The molecule has 1 aromatic carbocycles. The Balaban J connectivity index is 1.51. The summed E-state index contributed by atoms with van der Waals surface area (Å²) in [6, 6.07) is 9.63. The number of nitrogens with one attached hydrogen (secondary N) is 2. The number of anilines is 1. The molecule has 26 heavy (non-hydrogen) atoms. The Kier molecular flexibility index (Phi) is 4.12. The number of amides is 3. The molecular weight excluding hydrogens is 332 g/mol.